The molecule has 0 aromatic heterocycles. The lowest BCUT2D eigenvalue weighted by Gasteiger charge is -2.33. The van der Waals surface area contributed by atoms with Gasteiger partial charge in [0.2, 0.25) is 0 Å². The molecule has 0 spiro atoms. The number of anilines is 2. The highest BCUT2D eigenvalue weighted by atomic mass is 16.2. The van der Waals surface area contributed by atoms with Crippen molar-refractivity contribution in [1.82, 2.24) is 0 Å². The van der Waals surface area contributed by atoms with E-state index in [9.17, 15) is 9.59 Å². The second-order valence-electron chi connectivity index (χ2n) is 18.3. The highest BCUT2D eigenvalue weighted by molar-refractivity contribution is 6.31. The van der Waals surface area contributed by atoms with Gasteiger partial charge in [0.15, 0.2) is 11.6 Å². The molecule has 4 nitrogen and oxygen atoms in total. The van der Waals surface area contributed by atoms with Crippen molar-refractivity contribution in [2.45, 2.75) is 231 Å². The number of hydrogen-bond donors (Lipinski definition) is 0. The predicted octanol–water partition coefficient (Wildman–Crippen LogP) is 16.1. The molecule has 1 aliphatic rings. The maximum Gasteiger partial charge on any atom is 0.162 e. The molecule has 0 aliphatic heterocycles. The molecule has 0 bridgehead atoms. The third kappa shape index (κ3) is 20.1. The minimum atomic E-state index is -0.623. The van der Waals surface area contributed by atoms with E-state index in [0.29, 0.717) is 0 Å². The summed E-state index contributed by atoms with van der Waals surface area (Å²) in [6.07, 6.45) is 44.4. The molecule has 1 aliphatic carbocycles. The van der Waals surface area contributed by atoms with Gasteiger partial charge in [-0.15, -0.1) is 0 Å². The molecule has 0 heterocycles. The number of ketones is 2. The van der Waals surface area contributed by atoms with Crippen molar-refractivity contribution in [1.29, 1.82) is 0 Å². The summed E-state index contributed by atoms with van der Waals surface area (Å²) in [5, 5.41) is 0. The molecule has 1 saturated carbocycles. The fourth-order valence-electron chi connectivity index (χ4n) is 9.07. The molecule has 2 aromatic carbocycles. The smallest absolute Gasteiger partial charge is 0.162 e. The maximum absolute atomic E-state index is 13.3. The van der Waals surface area contributed by atoms with Crippen molar-refractivity contribution in [2.75, 3.05) is 37.0 Å². The van der Waals surface area contributed by atoms with Crippen LogP contribution in [0.1, 0.15) is 242 Å². The van der Waals surface area contributed by atoms with Crippen LogP contribution < -0.4 is 9.80 Å². The summed E-state index contributed by atoms with van der Waals surface area (Å²) in [6.45, 7) is 6.65. The average Bonchev–Trinajstić information content (AvgIpc) is 3.23. The Morgan fingerprint density at radius 2 is 0.534 bits per heavy atom. The van der Waals surface area contributed by atoms with Crippen LogP contribution in [-0.4, -0.2) is 38.8 Å². The van der Waals surface area contributed by atoms with E-state index < -0.39 is 11.8 Å². The third-order valence-electron chi connectivity index (χ3n) is 13.2. The van der Waals surface area contributed by atoms with Crippen molar-refractivity contribution >= 4 is 22.9 Å². The lowest BCUT2D eigenvalue weighted by Crippen LogP contribution is -2.44. The molecule has 2 aromatic rings. The molecule has 0 N–H and O–H groups in total. The first-order valence-corrected chi connectivity index (χ1v) is 25.2. The zero-order valence-electron chi connectivity index (χ0n) is 38.5. The second-order valence-corrected chi connectivity index (χ2v) is 18.3. The number of nitrogens with zero attached hydrogens (tertiary/aromatic N) is 2. The number of carbonyl (C=O) groups excluding carboxylic acids is 2. The molecule has 0 atom stereocenters. The van der Waals surface area contributed by atoms with Crippen LogP contribution in [0.3, 0.4) is 0 Å². The van der Waals surface area contributed by atoms with Crippen molar-refractivity contribution in [3.63, 3.8) is 0 Å². The van der Waals surface area contributed by atoms with Gasteiger partial charge < -0.3 is 9.80 Å². The summed E-state index contributed by atoms with van der Waals surface area (Å²) in [5.41, 5.74) is 3.97. The van der Waals surface area contributed by atoms with Gasteiger partial charge in [0.05, 0.1) is 0 Å². The van der Waals surface area contributed by atoms with Crippen molar-refractivity contribution < 1.29 is 9.59 Å². The molecule has 3 rings (SSSR count). The highest BCUT2D eigenvalue weighted by Crippen LogP contribution is 2.41. The minimum absolute atomic E-state index is 0.0357. The second kappa shape index (κ2) is 32.2. The zero-order valence-corrected chi connectivity index (χ0v) is 38.5. The molecule has 4 heteroatoms. The van der Waals surface area contributed by atoms with Gasteiger partial charge in [0.1, 0.15) is 11.8 Å². The molecule has 58 heavy (non-hydrogen) atoms. The van der Waals surface area contributed by atoms with Crippen molar-refractivity contribution in [2.24, 2.45) is 0 Å². The Kier molecular flexibility index (Phi) is 27.6. The van der Waals surface area contributed by atoms with E-state index in [4.69, 9.17) is 0 Å². The minimum Gasteiger partial charge on any atom is -0.375 e. The predicted molar refractivity (Wildman–Crippen MR) is 254 cm³/mol. The summed E-state index contributed by atoms with van der Waals surface area (Å²) in [7, 11) is 4.30. The fraction of sp³-hybridized carbons (Fsp3) is 0.741. The van der Waals surface area contributed by atoms with Gasteiger partial charge in [0, 0.05) is 38.6 Å². The lowest BCUT2D eigenvalue weighted by atomic mass is 9.66. The first kappa shape index (κ1) is 49.7. The molecular weight excluding hydrogens is 709 g/mol. The third-order valence-corrected chi connectivity index (χ3v) is 13.2. The summed E-state index contributed by atoms with van der Waals surface area (Å²) in [5.74, 6) is -1.18. The Labute approximate surface area is 359 Å². The number of carbonyl (C=O) groups is 2. The molecule has 1 fully saturated rings. The normalized spacial score (nSPS) is 15.2. The van der Waals surface area contributed by atoms with Gasteiger partial charge in [-0.3, -0.25) is 9.59 Å². The van der Waals surface area contributed by atoms with Crippen LogP contribution in [0.2, 0.25) is 0 Å². The Morgan fingerprint density at radius 1 is 0.328 bits per heavy atom. The Balaban J connectivity index is 1.20. The summed E-state index contributed by atoms with van der Waals surface area (Å²) >= 11 is 0. The largest absolute Gasteiger partial charge is 0.375 e. The van der Waals surface area contributed by atoms with Crippen LogP contribution in [0.4, 0.5) is 11.4 Å². The van der Waals surface area contributed by atoms with E-state index in [1.54, 1.807) is 0 Å². The van der Waals surface area contributed by atoms with Crippen LogP contribution in [-0.2, 0) is 9.59 Å². The first-order valence-electron chi connectivity index (χ1n) is 25.2. The van der Waals surface area contributed by atoms with Gasteiger partial charge in [-0.2, -0.15) is 0 Å². The molecule has 328 valence electrons. The Bertz CT molecular complexity index is 1190. The standard InChI is InChI=1S/C54H90N2O2/c1-5-7-9-11-13-15-17-19-21-23-25-27-29-31-33-35-45-55(3)49-41-37-47(38-42-49)51-53(57)52(54(51)58)48-39-43-50(44-40-48)56(4)46-36-34-32-30-28-26-24-22-20-18-16-14-12-10-8-6-2/h37-44,51-52H,5-36,45-46H2,1-4H3. The van der Waals surface area contributed by atoms with Crippen LogP contribution in [0.5, 0.6) is 0 Å². The molecular formula is C54H90N2O2. The van der Waals surface area contributed by atoms with Crippen molar-refractivity contribution in [3.8, 4) is 0 Å². The van der Waals surface area contributed by atoms with Crippen LogP contribution in [0.25, 0.3) is 0 Å². The van der Waals surface area contributed by atoms with E-state index >= 15 is 0 Å². The van der Waals surface area contributed by atoms with E-state index in [1.165, 1.54) is 205 Å². The quantitative estimate of drug-likeness (QED) is 0.0501. The fourth-order valence-corrected chi connectivity index (χ4v) is 9.07. The average molecular weight is 799 g/mol. The molecule has 0 radical (unpaired) electrons. The molecule has 0 amide bonds. The summed E-state index contributed by atoms with van der Waals surface area (Å²) in [4.78, 5) is 31.3. The van der Waals surface area contributed by atoms with Gasteiger partial charge in [-0.05, 0) is 48.2 Å². The summed E-state index contributed by atoms with van der Waals surface area (Å²) in [6, 6.07) is 16.3. The Hall–Kier alpha value is -2.62. The number of rotatable bonds is 38. The number of hydrogen-bond acceptors (Lipinski definition) is 4. The lowest BCUT2D eigenvalue weighted by molar-refractivity contribution is -0.142. The zero-order chi connectivity index (χ0) is 41.5. The van der Waals surface area contributed by atoms with E-state index in [1.807, 2.05) is 24.3 Å². The summed E-state index contributed by atoms with van der Waals surface area (Å²) < 4.78 is 0. The van der Waals surface area contributed by atoms with E-state index in [-0.39, 0.29) is 11.6 Å². The van der Waals surface area contributed by atoms with Crippen LogP contribution >= 0.6 is 0 Å². The van der Waals surface area contributed by atoms with E-state index in [2.05, 4.69) is 62.0 Å². The first-order chi connectivity index (χ1) is 28.5. The monoisotopic (exact) mass is 799 g/mol. The van der Waals surface area contributed by atoms with Gasteiger partial charge >= 0.3 is 0 Å². The number of unbranched alkanes of at least 4 members (excludes halogenated alkanes) is 30. The topological polar surface area (TPSA) is 40.6 Å². The van der Waals surface area contributed by atoms with Crippen LogP contribution in [0, 0.1) is 0 Å². The van der Waals surface area contributed by atoms with Crippen molar-refractivity contribution in [3.05, 3.63) is 59.7 Å². The highest BCUT2D eigenvalue weighted by Gasteiger charge is 2.50. The van der Waals surface area contributed by atoms with Gasteiger partial charge in [-0.1, -0.05) is 231 Å². The van der Waals surface area contributed by atoms with Gasteiger partial charge in [0.25, 0.3) is 0 Å². The van der Waals surface area contributed by atoms with Gasteiger partial charge in [-0.25, -0.2) is 0 Å². The van der Waals surface area contributed by atoms with Crippen LogP contribution in [0.15, 0.2) is 48.5 Å². The SMILES string of the molecule is CCCCCCCCCCCCCCCCCCN(C)c1ccc(C2C(=O)C(c3ccc(N(C)CCCCCCCCCCCCCCCCCC)cc3)C2=O)cc1. The molecule has 0 unspecified atom stereocenters. The Morgan fingerprint density at radius 3 is 0.759 bits per heavy atom. The van der Waals surface area contributed by atoms with E-state index in [0.717, 1.165) is 35.6 Å². The maximum atomic E-state index is 13.3. The number of benzene rings is 2. The number of Topliss-reactive ketones (excluding diaryl/α,β-unsaturated/α-hetero) is 2. The molecule has 0 saturated heterocycles.